The van der Waals surface area contributed by atoms with Crippen LogP contribution in [-0.4, -0.2) is 16.8 Å². The van der Waals surface area contributed by atoms with Gasteiger partial charge < -0.3 is 14.6 Å². The molecule has 2 rings (SSSR count). The first-order chi connectivity index (χ1) is 10.9. The summed E-state index contributed by atoms with van der Waals surface area (Å²) in [7, 11) is 0. The molecular formula is C18H21NO4. The van der Waals surface area contributed by atoms with E-state index < -0.39 is 11.7 Å². The highest BCUT2D eigenvalue weighted by Gasteiger charge is 2.16. The Labute approximate surface area is 135 Å². The number of hydrogen-bond donors (Lipinski definition) is 2. The SMILES string of the molecule is CC(C)(C)OC(=O)Nc1ccc(Oc2ccc(CO)cc2)cc1. The molecule has 5 nitrogen and oxygen atoms in total. The Hall–Kier alpha value is -2.53. The molecule has 1 amide bonds. The van der Waals surface area contributed by atoms with Crippen LogP contribution in [0, 0.1) is 0 Å². The Morgan fingerprint density at radius 3 is 2.00 bits per heavy atom. The quantitative estimate of drug-likeness (QED) is 0.882. The number of carbonyl (C=O) groups excluding carboxylic acids is 1. The van der Waals surface area contributed by atoms with Crippen molar-refractivity contribution >= 4 is 11.8 Å². The summed E-state index contributed by atoms with van der Waals surface area (Å²) >= 11 is 0. The predicted octanol–water partition coefficient (Wildman–Crippen LogP) is 4.32. The van der Waals surface area contributed by atoms with Crippen molar-refractivity contribution in [3.63, 3.8) is 0 Å². The van der Waals surface area contributed by atoms with Crippen molar-refractivity contribution in [3.05, 3.63) is 54.1 Å². The van der Waals surface area contributed by atoms with Gasteiger partial charge in [0.2, 0.25) is 0 Å². The van der Waals surface area contributed by atoms with Crippen molar-refractivity contribution in [2.24, 2.45) is 0 Å². The number of nitrogens with one attached hydrogen (secondary N) is 1. The molecule has 2 aromatic carbocycles. The Balaban J connectivity index is 1.94. The van der Waals surface area contributed by atoms with Gasteiger partial charge in [-0.1, -0.05) is 12.1 Å². The van der Waals surface area contributed by atoms with Crippen molar-refractivity contribution in [1.29, 1.82) is 0 Å². The van der Waals surface area contributed by atoms with Crippen LogP contribution in [-0.2, 0) is 11.3 Å². The molecule has 0 aromatic heterocycles. The van der Waals surface area contributed by atoms with Gasteiger partial charge in [-0.25, -0.2) is 4.79 Å². The van der Waals surface area contributed by atoms with Gasteiger partial charge >= 0.3 is 6.09 Å². The molecule has 0 bridgehead atoms. The average molecular weight is 315 g/mol. The normalized spacial score (nSPS) is 11.0. The lowest BCUT2D eigenvalue weighted by Crippen LogP contribution is -2.27. The summed E-state index contributed by atoms with van der Waals surface area (Å²) in [4.78, 5) is 11.7. The molecule has 23 heavy (non-hydrogen) atoms. The van der Waals surface area contributed by atoms with E-state index in [1.165, 1.54) is 0 Å². The number of aliphatic hydroxyl groups is 1. The van der Waals surface area contributed by atoms with Crippen LogP contribution in [0.4, 0.5) is 10.5 Å². The van der Waals surface area contributed by atoms with Gasteiger partial charge in [0.25, 0.3) is 0 Å². The van der Waals surface area contributed by atoms with Gasteiger partial charge in [-0.2, -0.15) is 0 Å². The number of hydrogen-bond acceptors (Lipinski definition) is 4. The van der Waals surface area contributed by atoms with E-state index in [2.05, 4.69) is 5.32 Å². The molecule has 0 spiro atoms. The standard InChI is InChI=1S/C18H21NO4/c1-18(2,3)23-17(21)19-14-6-10-16(11-7-14)22-15-8-4-13(12-20)5-9-15/h4-11,20H,12H2,1-3H3,(H,19,21). The van der Waals surface area contributed by atoms with Gasteiger partial charge in [0.1, 0.15) is 17.1 Å². The van der Waals surface area contributed by atoms with Crippen LogP contribution in [0.15, 0.2) is 48.5 Å². The molecule has 2 N–H and O–H groups in total. The maximum atomic E-state index is 11.7. The summed E-state index contributed by atoms with van der Waals surface area (Å²) in [5.41, 5.74) is 0.921. The van der Waals surface area contributed by atoms with Crippen LogP contribution in [0.5, 0.6) is 11.5 Å². The lowest BCUT2D eigenvalue weighted by molar-refractivity contribution is 0.0636. The highest BCUT2D eigenvalue weighted by Crippen LogP contribution is 2.23. The molecule has 0 radical (unpaired) electrons. The third kappa shape index (κ3) is 5.64. The van der Waals surface area contributed by atoms with Gasteiger partial charge in [-0.15, -0.1) is 0 Å². The van der Waals surface area contributed by atoms with Gasteiger partial charge in [-0.3, -0.25) is 5.32 Å². The fraction of sp³-hybridized carbons (Fsp3) is 0.278. The lowest BCUT2D eigenvalue weighted by Gasteiger charge is -2.19. The van der Waals surface area contributed by atoms with E-state index >= 15 is 0 Å². The van der Waals surface area contributed by atoms with Crippen LogP contribution in [0.2, 0.25) is 0 Å². The second-order valence-electron chi connectivity index (χ2n) is 6.06. The maximum Gasteiger partial charge on any atom is 0.412 e. The summed E-state index contributed by atoms with van der Waals surface area (Å²) in [6.07, 6.45) is -0.495. The van der Waals surface area contributed by atoms with Crippen molar-refractivity contribution in [3.8, 4) is 11.5 Å². The average Bonchev–Trinajstić information content (AvgIpc) is 2.48. The molecule has 122 valence electrons. The number of aliphatic hydroxyl groups excluding tert-OH is 1. The molecule has 0 fully saturated rings. The number of anilines is 1. The first kappa shape index (κ1) is 16.8. The Kier molecular flexibility index (Phi) is 5.24. The van der Waals surface area contributed by atoms with Gasteiger partial charge in [0.15, 0.2) is 0 Å². The Bertz CT molecular complexity index is 642. The highest BCUT2D eigenvalue weighted by molar-refractivity contribution is 5.84. The van der Waals surface area contributed by atoms with E-state index in [-0.39, 0.29) is 6.61 Å². The molecule has 0 atom stereocenters. The molecule has 0 saturated heterocycles. The lowest BCUT2D eigenvalue weighted by atomic mass is 10.2. The van der Waals surface area contributed by atoms with Crippen LogP contribution in [0.25, 0.3) is 0 Å². The highest BCUT2D eigenvalue weighted by atomic mass is 16.6. The van der Waals surface area contributed by atoms with E-state index in [1.807, 2.05) is 20.8 Å². The zero-order valence-electron chi connectivity index (χ0n) is 13.5. The minimum absolute atomic E-state index is 0.00527. The zero-order valence-corrected chi connectivity index (χ0v) is 13.5. The molecule has 0 unspecified atom stereocenters. The predicted molar refractivity (Wildman–Crippen MR) is 88.7 cm³/mol. The summed E-state index contributed by atoms with van der Waals surface area (Å²) in [5, 5.41) is 11.7. The third-order valence-electron chi connectivity index (χ3n) is 2.84. The van der Waals surface area contributed by atoms with Crippen LogP contribution >= 0.6 is 0 Å². The summed E-state index contributed by atoms with van der Waals surface area (Å²) in [5.74, 6) is 1.33. The molecule has 5 heteroatoms. The van der Waals surface area contributed by atoms with Crippen LogP contribution < -0.4 is 10.1 Å². The maximum absolute atomic E-state index is 11.7. The third-order valence-corrected chi connectivity index (χ3v) is 2.84. The Morgan fingerprint density at radius 2 is 1.52 bits per heavy atom. The van der Waals surface area contributed by atoms with Crippen LogP contribution in [0.1, 0.15) is 26.3 Å². The minimum Gasteiger partial charge on any atom is -0.457 e. The van der Waals surface area contributed by atoms with E-state index in [0.29, 0.717) is 17.2 Å². The number of benzene rings is 2. The molecule has 0 aliphatic carbocycles. The number of carbonyl (C=O) groups is 1. The molecule has 2 aromatic rings. The van der Waals surface area contributed by atoms with Gasteiger partial charge in [0, 0.05) is 5.69 Å². The number of rotatable bonds is 4. The summed E-state index contributed by atoms with van der Waals surface area (Å²) in [6, 6.07) is 14.2. The fourth-order valence-electron chi connectivity index (χ4n) is 1.83. The van der Waals surface area contributed by atoms with Crippen molar-refractivity contribution in [2.45, 2.75) is 33.0 Å². The Morgan fingerprint density at radius 1 is 1.00 bits per heavy atom. The first-order valence-electron chi connectivity index (χ1n) is 7.33. The van der Waals surface area contributed by atoms with Crippen molar-refractivity contribution in [1.82, 2.24) is 0 Å². The monoisotopic (exact) mass is 315 g/mol. The number of ether oxygens (including phenoxy) is 2. The molecule has 0 saturated carbocycles. The summed E-state index contributed by atoms with van der Waals surface area (Å²) in [6.45, 7) is 5.44. The molecule has 0 aliphatic rings. The smallest absolute Gasteiger partial charge is 0.412 e. The number of amides is 1. The largest absolute Gasteiger partial charge is 0.457 e. The van der Waals surface area contributed by atoms with E-state index in [1.54, 1.807) is 48.5 Å². The second kappa shape index (κ2) is 7.15. The van der Waals surface area contributed by atoms with Crippen LogP contribution in [0.3, 0.4) is 0 Å². The van der Waals surface area contributed by atoms with E-state index in [4.69, 9.17) is 14.6 Å². The molecule has 0 aliphatic heterocycles. The van der Waals surface area contributed by atoms with E-state index in [0.717, 1.165) is 5.56 Å². The van der Waals surface area contributed by atoms with E-state index in [9.17, 15) is 4.79 Å². The van der Waals surface area contributed by atoms with Crippen molar-refractivity contribution < 1.29 is 19.4 Å². The fourth-order valence-corrected chi connectivity index (χ4v) is 1.83. The zero-order chi connectivity index (χ0) is 16.9. The van der Waals surface area contributed by atoms with Gasteiger partial charge in [0.05, 0.1) is 6.61 Å². The van der Waals surface area contributed by atoms with Gasteiger partial charge in [-0.05, 0) is 62.7 Å². The minimum atomic E-state index is -0.534. The molecule has 0 heterocycles. The topological polar surface area (TPSA) is 67.8 Å². The molecular weight excluding hydrogens is 294 g/mol. The second-order valence-corrected chi connectivity index (χ2v) is 6.06. The first-order valence-corrected chi connectivity index (χ1v) is 7.33. The van der Waals surface area contributed by atoms with Crippen molar-refractivity contribution in [2.75, 3.05) is 5.32 Å². The summed E-state index contributed by atoms with van der Waals surface area (Å²) < 4.78 is 10.9.